The summed E-state index contributed by atoms with van der Waals surface area (Å²) < 4.78 is 0. The number of anilines is 1. The second kappa shape index (κ2) is 4.81. The highest BCUT2D eigenvalue weighted by Crippen LogP contribution is 2.37. The number of carboxylic acids is 1. The molecule has 0 bridgehead atoms. The van der Waals surface area contributed by atoms with E-state index in [4.69, 9.17) is 11.6 Å². The van der Waals surface area contributed by atoms with Gasteiger partial charge in [0, 0.05) is 22.8 Å². The molecule has 0 saturated carbocycles. The van der Waals surface area contributed by atoms with Crippen LogP contribution in [0.15, 0.2) is 24.3 Å². The lowest BCUT2D eigenvalue weighted by atomic mass is 9.78. The molecule has 18 heavy (non-hydrogen) atoms. The second-order valence-electron chi connectivity index (χ2n) is 5.31. The minimum absolute atomic E-state index is 0.332. The number of halogens is 1. The zero-order valence-electron chi connectivity index (χ0n) is 10.7. The van der Waals surface area contributed by atoms with Crippen molar-refractivity contribution in [3.8, 4) is 0 Å². The first-order valence-corrected chi connectivity index (χ1v) is 6.57. The molecule has 1 atom stereocenters. The molecule has 1 aliphatic heterocycles. The van der Waals surface area contributed by atoms with Crippen molar-refractivity contribution in [3.05, 3.63) is 29.3 Å². The third-order valence-corrected chi connectivity index (χ3v) is 4.11. The maximum Gasteiger partial charge on any atom is 0.308 e. The number of carbonyl (C=O) groups is 1. The molecule has 2 rings (SSSR count). The fraction of sp³-hybridized carbons (Fsp3) is 0.500. The molecule has 0 radical (unpaired) electrons. The summed E-state index contributed by atoms with van der Waals surface area (Å²) in [5.41, 5.74) is 0.660. The zero-order chi connectivity index (χ0) is 13.3. The van der Waals surface area contributed by atoms with E-state index in [-0.39, 0.29) is 11.5 Å². The Labute approximate surface area is 112 Å². The Kier molecular flexibility index (Phi) is 3.53. The predicted octanol–water partition coefficient (Wildman–Crippen LogP) is 3.42. The van der Waals surface area contributed by atoms with E-state index in [2.05, 4.69) is 4.90 Å². The van der Waals surface area contributed by atoms with Gasteiger partial charge in [0.25, 0.3) is 0 Å². The van der Waals surface area contributed by atoms with Crippen molar-refractivity contribution in [2.24, 2.45) is 5.92 Å². The molecule has 1 heterocycles. The van der Waals surface area contributed by atoms with Crippen molar-refractivity contribution in [1.29, 1.82) is 0 Å². The van der Waals surface area contributed by atoms with Gasteiger partial charge in [-0.25, -0.2) is 0 Å². The first kappa shape index (κ1) is 13.2. The molecule has 1 N–H and O–H groups in total. The van der Waals surface area contributed by atoms with Crippen LogP contribution in [0, 0.1) is 5.92 Å². The van der Waals surface area contributed by atoms with E-state index in [1.165, 1.54) is 0 Å². The fourth-order valence-corrected chi connectivity index (χ4v) is 2.92. The average molecular weight is 268 g/mol. The minimum Gasteiger partial charge on any atom is -0.481 e. The van der Waals surface area contributed by atoms with Crippen LogP contribution >= 0.6 is 11.6 Å². The summed E-state index contributed by atoms with van der Waals surface area (Å²) in [7, 11) is 0. The van der Waals surface area contributed by atoms with E-state index in [0.717, 1.165) is 25.1 Å². The third kappa shape index (κ3) is 2.32. The Morgan fingerprint density at radius 3 is 2.56 bits per heavy atom. The number of carboxylic acid groups (broad SMARTS) is 1. The van der Waals surface area contributed by atoms with Gasteiger partial charge in [-0.15, -0.1) is 0 Å². The molecule has 1 fully saturated rings. The monoisotopic (exact) mass is 267 g/mol. The van der Waals surface area contributed by atoms with Crippen LogP contribution in [-0.2, 0) is 4.79 Å². The molecule has 98 valence electrons. The quantitative estimate of drug-likeness (QED) is 0.893. The van der Waals surface area contributed by atoms with Crippen LogP contribution in [0.3, 0.4) is 0 Å². The summed E-state index contributed by atoms with van der Waals surface area (Å²) in [4.78, 5) is 13.5. The van der Waals surface area contributed by atoms with E-state index >= 15 is 0 Å². The van der Waals surface area contributed by atoms with Crippen molar-refractivity contribution in [2.45, 2.75) is 32.2 Å². The number of benzene rings is 1. The SMILES string of the molecule is CC1(C)C(C(=O)O)CCCN1c1ccc(Cl)cc1. The fourth-order valence-electron chi connectivity index (χ4n) is 2.79. The van der Waals surface area contributed by atoms with E-state index in [1.807, 2.05) is 38.1 Å². The highest BCUT2D eigenvalue weighted by Gasteiger charge is 2.42. The molecular weight excluding hydrogens is 250 g/mol. The molecule has 1 aromatic rings. The number of hydrogen-bond donors (Lipinski definition) is 1. The van der Waals surface area contributed by atoms with Gasteiger partial charge >= 0.3 is 5.97 Å². The van der Waals surface area contributed by atoms with Crippen LogP contribution in [0.5, 0.6) is 0 Å². The molecule has 0 amide bonds. The van der Waals surface area contributed by atoms with E-state index in [0.29, 0.717) is 5.02 Å². The zero-order valence-corrected chi connectivity index (χ0v) is 11.4. The van der Waals surface area contributed by atoms with Crippen molar-refractivity contribution in [2.75, 3.05) is 11.4 Å². The molecule has 0 aliphatic carbocycles. The van der Waals surface area contributed by atoms with Crippen LogP contribution in [0.4, 0.5) is 5.69 Å². The smallest absolute Gasteiger partial charge is 0.308 e. The second-order valence-corrected chi connectivity index (χ2v) is 5.75. The number of nitrogens with zero attached hydrogens (tertiary/aromatic N) is 1. The summed E-state index contributed by atoms with van der Waals surface area (Å²) in [5.74, 6) is -1.04. The maximum absolute atomic E-state index is 11.4. The van der Waals surface area contributed by atoms with Gasteiger partial charge < -0.3 is 10.0 Å². The molecule has 1 unspecified atom stereocenters. The average Bonchev–Trinajstić information content (AvgIpc) is 2.29. The number of aliphatic carboxylic acids is 1. The number of piperidine rings is 1. The van der Waals surface area contributed by atoms with Gasteiger partial charge in [-0.1, -0.05) is 11.6 Å². The largest absolute Gasteiger partial charge is 0.481 e. The number of hydrogen-bond acceptors (Lipinski definition) is 2. The summed E-state index contributed by atoms with van der Waals surface area (Å²) in [6.07, 6.45) is 1.65. The van der Waals surface area contributed by atoms with Crippen LogP contribution in [0.25, 0.3) is 0 Å². The first-order valence-electron chi connectivity index (χ1n) is 6.19. The van der Waals surface area contributed by atoms with Gasteiger partial charge in [0.05, 0.1) is 5.92 Å². The molecule has 0 spiro atoms. The molecule has 1 aliphatic rings. The lowest BCUT2D eigenvalue weighted by Crippen LogP contribution is -2.55. The van der Waals surface area contributed by atoms with Gasteiger partial charge in [0.1, 0.15) is 0 Å². The Morgan fingerprint density at radius 2 is 2.00 bits per heavy atom. The normalized spacial score (nSPS) is 22.8. The van der Waals surface area contributed by atoms with E-state index in [9.17, 15) is 9.90 Å². The Balaban J connectivity index is 2.32. The Morgan fingerprint density at radius 1 is 1.39 bits per heavy atom. The Bertz CT molecular complexity index is 442. The van der Waals surface area contributed by atoms with Crippen LogP contribution in [0.1, 0.15) is 26.7 Å². The van der Waals surface area contributed by atoms with Crippen LogP contribution in [-0.4, -0.2) is 23.2 Å². The van der Waals surface area contributed by atoms with E-state index in [1.54, 1.807) is 0 Å². The molecule has 3 nitrogen and oxygen atoms in total. The van der Waals surface area contributed by atoms with Gasteiger partial charge in [0.15, 0.2) is 0 Å². The topological polar surface area (TPSA) is 40.5 Å². The summed E-state index contributed by atoms with van der Waals surface area (Å²) in [6.45, 7) is 4.89. The Hall–Kier alpha value is -1.22. The minimum atomic E-state index is -0.710. The summed E-state index contributed by atoms with van der Waals surface area (Å²) in [5, 5.41) is 10.0. The molecule has 1 saturated heterocycles. The van der Waals surface area contributed by atoms with Gasteiger partial charge in [-0.2, -0.15) is 0 Å². The van der Waals surface area contributed by atoms with Gasteiger partial charge in [0.2, 0.25) is 0 Å². The van der Waals surface area contributed by atoms with Gasteiger partial charge in [-0.05, 0) is 51.0 Å². The highest BCUT2D eigenvalue weighted by molar-refractivity contribution is 6.30. The first-order chi connectivity index (χ1) is 8.43. The van der Waals surface area contributed by atoms with Crippen molar-refractivity contribution < 1.29 is 9.90 Å². The summed E-state index contributed by atoms with van der Waals surface area (Å²) in [6, 6.07) is 7.59. The molecule has 0 aromatic heterocycles. The standard InChI is InChI=1S/C14H18ClNO2/c1-14(2)12(13(17)18)4-3-9-16(14)11-7-5-10(15)6-8-11/h5-8,12H,3-4,9H2,1-2H3,(H,17,18). The molecule has 1 aromatic carbocycles. The van der Waals surface area contributed by atoms with Gasteiger partial charge in [-0.3, -0.25) is 4.79 Å². The van der Waals surface area contributed by atoms with Crippen LogP contribution < -0.4 is 4.90 Å². The third-order valence-electron chi connectivity index (χ3n) is 3.86. The van der Waals surface area contributed by atoms with Crippen molar-refractivity contribution in [3.63, 3.8) is 0 Å². The van der Waals surface area contributed by atoms with Crippen molar-refractivity contribution >= 4 is 23.3 Å². The van der Waals surface area contributed by atoms with Crippen LogP contribution in [0.2, 0.25) is 5.02 Å². The van der Waals surface area contributed by atoms with E-state index < -0.39 is 5.97 Å². The summed E-state index contributed by atoms with van der Waals surface area (Å²) >= 11 is 5.89. The maximum atomic E-state index is 11.4. The number of rotatable bonds is 2. The molecule has 4 heteroatoms. The predicted molar refractivity (Wildman–Crippen MR) is 73.2 cm³/mol. The molecular formula is C14H18ClNO2. The lowest BCUT2D eigenvalue weighted by Gasteiger charge is -2.47. The lowest BCUT2D eigenvalue weighted by molar-refractivity contribution is -0.144. The highest BCUT2D eigenvalue weighted by atomic mass is 35.5. The van der Waals surface area contributed by atoms with Crippen molar-refractivity contribution in [1.82, 2.24) is 0 Å².